The minimum absolute atomic E-state index is 0.0362. The predicted molar refractivity (Wildman–Crippen MR) is 77.6 cm³/mol. The van der Waals surface area contributed by atoms with Crippen LogP contribution in [0.1, 0.15) is 54.9 Å². The zero-order valence-corrected chi connectivity index (χ0v) is 12.0. The number of hydrogen-bond acceptors (Lipinski definition) is 4. The standard InChI is InChI=1S/C16H21N3O/c1-3-14(10(2)17)16-18-15(19-20-16)13-8-11-6-4-5-7-12(11)9-13/h4-7,10,13-14H,3,8-9,17H2,1-2H3. The first-order valence-electron chi connectivity index (χ1n) is 7.35. The van der Waals surface area contributed by atoms with Crippen molar-refractivity contribution in [3.05, 3.63) is 47.1 Å². The van der Waals surface area contributed by atoms with Gasteiger partial charge in [0.2, 0.25) is 5.89 Å². The van der Waals surface area contributed by atoms with Crippen LogP contribution in [0, 0.1) is 0 Å². The minimum Gasteiger partial charge on any atom is -0.339 e. The highest BCUT2D eigenvalue weighted by Crippen LogP contribution is 2.33. The Labute approximate surface area is 119 Å². The molecule has 0 saturated heterocycles. The van der Waals surface area contributed by atoms with Crippen molar-refractivity contribution in [1.82, 2.24) is 10.1 Å². The number of rotatable bonds is 4. The molecule has 20 heavy (non-hydrogen) atoms. The van der Waals surface area contributed by atoms with Gasteiger partial charge in [0.05, 0.1) is 5.92 Å². The fourth-order valence-electron chi connectivity index (χ4n) is 3.08. The Morgan fingerprint density at radius 1 is 1.30 bits per heavy atom. The molecule has 1 aromatic heterocycles. The second kappa shape index (κ2) is 5.37. The van der Waals surface area contributed by atoms with Crippen molar-refractivity contribution in [3.8, 4) is 0 Å². The summed E-state index contributed by atoms with van der Waals surface area (Å²) in [5.41, 5.74) is 8.79. The normalized spacial score (nSPS) is 17.9. The van der Waals surface area contributed by atoms with Gasteiger partial charge in [-0.25, -0.2) is 0 Å². The van der Waals surface area contributed by atoms with E-state index in [9.17, 15) is 0 Å². The van der Waals surface area contributed by atoms with E-state index >= 15 is 0 Å². The van der Waals surface area contributed by atoms with E-state index in [2.05, 4.69) is 41.3 Å². The molecule has 0 radical (unpaired) electrons. The summed E-state index contributed by atoms with van der Waals surface area (Å²) in [6.07, 6.45) is 2.93. The molecule has 0 bridgehead atoms. The molecule has 3 rings (SSSR count). The fraction of sp³-hybridized carbons (Fsp3) is 0.500. The van der Waals surface area contributed by atoms with Gasteiger partial charge in [-0.15, -0.1) is 0 Å². The molecule has 106 valence electrons. The van der Waals surface area contributed by atoms with Crippen LogP contribution in [0.25, 0.3) is 0 Å². The van der Waals surface area contributed by atoms with E-state index in [0.717, 1.165) is 25.1 Å². The summed E-state index contributed by atoms with van der Waals surface area (Å²) in [6.45, 7) is 4.09. The molecule has 1 heterocycles. The molecule has 2 atom stereocenters. The van der Waals surface area contributed by atoms with Crippen molar-refractivity contribution in [2.24, 2.45) is 5.73 Å². The average molecular weight is 271 g/mol. The molecule has 0 saturated carbocycles. The van der Waals surface area contributed by atoms with Gasteiger partial charge in [0.25, 0.3) is 0 Å². The molecule has 1 aliphatic carbocycles. The summed E-state index contributed by atoms with van der Waals surface area (Å²) in [7, 11) is 0. The van der Waals surface area contributed by atoms with Gasteiger partial charge in [0, 0.05) is 12.0 Å². The Morgan fingerprint density at radius 3 is 2.50 bits per heavy atom. The van der Waals surface area contributed by atoms with Gasteiger partial charge in [-0.3, -0.25) is 0 Å². The summed E-state index contributed by atoms with van der Waals surface area (Å²) in [5.74, 6) is 2.01. The first kappa shape index (κ1) is 13.3. The average Bonchev–Trinajstić information content (AvgIpc) is 3.04. The van der Waals surface area contributed by atoms with Crippen LogP contribution < -0.4 is 5.73 Å². The maximum absolute atomic E-state index is 5.98. The van der Waals surface area contributed by atoms with Gasteiger partial charge in [-0.1, -0.05) is 36.3 Å². The van der Waals surface area contributed by atoms with Crippen LogP contribution in [0.5, 0.6) is 0 Å². The Morgan fingerprint density at radius 2 is 1.95 bits per heavy atom. The van der Waals surface area contributed by atoms with Crippen molar-refractivity contribution < 1.29 is 4.52 Å². The molecule has 4 nitrogen and oxygen atoms in total. The van der Waals surface area contributed by atoms with Crippen molar-refractivity contribution >= 4 is 0 Å². The van der Waals surface area contributed by atoms with E-state index in [0.29, 0.717) is 11.8 Å². The summed E-state index contributed by atoms with van der Waals surface area (Å²) >= 11 is 0. The van der Waals surface area contributed by atoms with Crippen molar-refractivity contribution in [2.75, 3.05) is 0 Å². The predicted octanol–water partition coefficient (Wildman–Crippen LogP) is 2.79. The molecular weight excluding hydrogens is 250 g/mol. The lowest BCUT2D eigenvalue weighted by atomic mass is 9.99. The Balaban J connectivity index is 1.79. The Bertz CT molecular complexity index is 566. The second-order valence-corrected chi connectivity index (χ2v) is 5.74. The van der Waals surface area contributed by atoms with Gasteiger partial charge in [0.15, 0.2) is 5.82 Å². The second-order valence-electron chi connectivity index (χ2n) is 5.74. The zero-order valence-electron chi connectivity index (χ0n) is 12.0. The lowest BCUT2D eigenvalue weighted by Gasteiger charge is -2.13. The summed E-state index contributed by atoms with van der Waals surface area (Å²) < 4.78 is 5.45. The molecule has 2 aromatic rings. The van der Waals surface area contributed by atoms with Crippen molar-refractivity contribution in [3.63, 3.8) is 0 Å². The van der Waals surface area contributed by atoms with Gasteiger partial charge in [-0.2, -0.15) is 4.98 Å². The minimum atomic E-state index is 0.0362. The third-order valence-corrected chi connectivity index (χ3v) is 4.27. The molecule has 0 spiro atoms. The molecule has 1 aromatic carbocycles. The van der Waals surface area contributed by atoms with Crippen LogP contribution in [0.2, 0.25) is 0 Å². The Hall–Kier alpha value is -1.68. The van der Waals surface area contributed by atoms with E-state index in [1.807, 2.05) is 6.92 Å². The van der Waals surface area contributed by atoms with E-state index in [-0.39, 0.29) is 12.0 Å². The van der Waals surface area contributed by atoms with E-state index < -0.39 is 0 Å². The molecular formula is C16H21N3O. The fourth-order valence-corrected chi connectivity index (χ4v) is 3.08. The molecule has 2 N–H and O–H groups in total. The largest absolute Gasteiger partial charge is 0.339 e. The number of benzene rings is 1. The number of hydrogen-bond donors (Lipinski definition) is 1. The van der Waals surface area contributed by atoms with Crippen molar-refractivity contribution in [1.29, 1.82) is 0 Å². The quantitative estimate of drug-likeness (QED) is 0.928. The molecule has 4 heteroatoms. The van der Waals surface area contributed by atoms with Crippen LogP contribution >= 0.6 is 0 Å². The number of aromatic nitrogens is 2. The molecule has 1 aliphatic rings. The van der Waals surface area contributed by atoms with Crippen LogP contribution in [-0.4, -0.2) is 16.2 Å². The monoisotopic (exact) mass is 271 g/mol. The Kier molecular flexibility index (Phi) is 3.57. The summed E-state index contributed by atoms with van der Waals surface area (Å²) in [6, 6.07) is 8.59. The van der Waals surface area contributed by atoms with Gasteiger partial charge in [0.1, 0.15) is 0 Å². The highest BCUT2D eigenvalue weighted by molar-refractivity contribution is 5.34. The maximum Gasteiger partial charge on any atom is 0.231 e. The van der Waals surface area contributed by atoms with E-state index in [1.165, 1.54) is 11.1 Å². The molecule has 0 fully saturated rings. The van der Waals surface area contributed by atoms with E-state index in [1.54, 1.807) is 0 Å². The van der Waals surface area contributed by atoms with Gasteiger partial charge in [-0.05, 0) is 37.3 Å². The number of nitrogens with two attached hydrogens (primary N) is 1. The van der Waals surface area contributed by atoms with Crippen LogP contribution in [0.4, 0.5) is 0 Å². The third kappa shape index (κ3) is 2.36. The summed E-state index contributed by atoms with van der Waals surface area (Å²) in [4.78, 5) is 4.61. The lowest BCUT2D eigenvalue weighted by Crippen LogP contribution is -2.24. The first-order valence-corrected chi connectivity index (χ1v) is 7.35. The lowest BCUT2D eigenvalue weighted by molar-refractivity contribution is 0.329. The van der Waals surface area contributed by atoms with Gasteiger partial charge < -0.3 is 10.3 Å². The summed E-state index contributed by atoms with van der Waals surface area (Å²) in [5, 5.41) is 4.19. The highest BCUT2D eigenvalue weighted by Gasteiger charge is 2.28. The van der Waals surface area contributed by atoms with Crippen molar-refractivity contribution in [2.45, 2.75) is 51.0 Å². The van der Waals surface area contributed by atoms with Crippen LogP contribution in [0.3, 0.4) is 0 Å². The smallest absolute Gasteiger partial charge is 0.231 e. The van der Waals surface area contributed by atoms with Crippen LogP contribution in [-0.2, 0) is 12.8 Å². The van der Waals surface area contributed by atoms with Crippen LogP contribution in [0.15, 0.2) is 28.8 Å². The first-order chi connectivity index (χ1) is 9.69. The number of fused-ring (bicyclic) bond motifs is 1. The zero-order chi connectivity index (χ0) is 14.1. The highest BCUT2D eigenvalue weighted by atomic mass is 16.5. The molecule has 0 amide bonds. The maximum atomic E-state index is 5.98. The third-order valence-electron chi connectivity index (χ3n) is 4.27. The SMILES string of the molecule is CCC(c1nc(C2Cc3ccccc3C2)no1)C(C)N. The topological polar surface area (TPSA) is 64.9 Å². The van der Waals surface area contributed by atoms with E-state index in [4.69, 9.17) is 10.3 Å². The van der Waals surface area contributed by atoms with Gasteiger partial charge >= 0.3 is 0 Å². The number of nitrogens with zero attached hydrogens (tertiary/aromatic N) is 2. The molecule has 0 aliphatic heterocycles. The molecule has 2 unspecified atom stereocenters.